The van der Waals surface area contributed by atoms with Gasteiger partial charge in [0.25, 0.3) is 0 Å². The van der Waals surface area contributed by atoms with Crippen molar-refractivity contribution in [2.45, 2.75) is 69.6 Å². The normalized spacial score (nSPS) is 37.1. The Morgan fingerprint density at radius 3 is 2.50 bits per heavy atom. The summed E-state index contributed by atoms with van der Waals surface area (Å²) in [6, 6.07) is 2.58. The molecular weight excluding hydrogens is 276 g/mol. The van der Waals surface area contributed by atoms with Gasteiger partial charge in [-0.15, -0.1) is 0 Å². The molecule has 3 atom stereocenters. The highest BCUT2D eigenvalue weighted by atomic mass is 16.2. The number of likely N-dealkylation sites (tertiary alicyclic amines) is 3. The zero-order chi connectivity index (χ0) is 15.1. The Labute approximate surface area is 134 Å². The molecule has 5 heteroatoms. The molecule has 1 aliphatic carbocycles. The topological polar surface area (TPSA) is 38.8 Å². The summed E-state index contributed by atoms with van der Waals surface area (Å²) >= 11 is 0. The Kier molecular flexibility index (Phi) is 4.03. The van der Waals surface area contributed by atoms with Crippen molar-refractivity contribution in [3.63, 3.8) is 0 Å². The molecule has 3 unspecified atom stereocenters. The number of amides is 2. The zero-order valence-electron chi connectivity index (χ0n) is 13.8. The van der Waals surface area contributed by atoms with Gasteiger partial charge in [-0.05, 0) is 58.5 Å². The molecule has 0 radical (unpaired) electrons. The van der Waals surface area contributed by atoms with E-state index in [-0.39, 0.29) is 6.03 Å². The largest absolute Gasteiger partial charge is 0.334 e. The summed E-state index contributed by atoms with van der Waals surface area (Å²) in [6.45, 7) is 7.69. The fraction of sp³-hybridized carbons (Fsp3) is 0.941. The van der Waals surface area contributed by atoms with Gasteiger partial charge in [0.15, 0.2) is 0 Å². The Hall–Kier alpha value is -0.810. The molecule has 3 aliphatic heterocycles. The van der Waals surface area contributed by atoms with Crippen LogP contribution >= 0.6 is 0 Å². The van der Waals surface area contributed by atoms with Gasteiger partial charge in [-0.25, -0.2) is 4.79 Å². The van der Waals surface area contributed by atoms with Crippen LogP contribution in [0.15, 0.2) is 0 Å². The number of urea groups is 1. The van der Waals surface area contributed by atoms with Gasteiger partial charge in [0.2, 0.25) is 0 Å². The highest BCUT2D eigenvalue weighted by molar-refractivity contribution is 5.75. The number of rotatable bonds is 3. The van der Waals surface area contributed by atoms with Crippen molar-refractivity contribution >= 4 is 6.03 Å². The predicted octanol–water partition coefficient (Wildman–Crippen LogP) is 1.49. The summed E-state index contributed by atoms with van der Waals surface area (Å²) in [5.74, 6) is 0. The molecule has 4 fully saturated rings. The Balaban J connectivity index is 1.26. The first kappa shape index (κ1) is 14.8. The second kappa shape index (κ2) is 6.00. The van der Waals surface area contributed by atoms with Crippen LogP contribution < -0.4 is 5.32 Å². The number of carbonyl (C=O) groups is 1. The van der Waals surface area contributed by atoms with Gasteiger partial charge in [-0.3, -0.25) is 9.80 Å². The second-order valence-corrected chi connectivity index (χ2v) is 7.79. The smallest absolute Gasteiger partial charge is 0.317 e. The third kappa shape index (κ3) is 2.98. The molecule has 1 N–H and O–H groups in total. The van der Waals surface area contributed by atoms with E-state index in [9.17, 15) is 4.79 Å². The first-order valence-corrected chi connectivity index (χ1v) is 9.26. The van der Waals surface area contributed by atoms with Crippen LogP contribution in [-0.2, 0) is 0 Å². The molecule has 0 bridgehead atoms. The van der Waals surface area contributed by atoms with E-state index in [1.807, 2.05) is 4.90 Å². The lowest BCUT2D eigenvalue weighted by Gasteiger charge is -2.24. The molecule has 1 saturated carbocycles. The van der Waals surface area contributed by atoms with E-state index >= 15 is 0 Å². The number of nitrogens with zero attached hydrogens (tertiary/aromatic N) is 3. The van der Waals surface area contributed by atoms with Gasteiger partial charge in [0.1, 0.15) is 0 Å². The minimum absolute atomic E-state index is 0.177. The molecule has 0 spiro atoms. The maximum atomic E-state index is 12.5. The van der Waals surface area contributed by atoms with Crippen molar-refractivity contribution < 1.29 is 4.79 Å². The minimum Gasteiger partial charge on any atom is -0.334 e. The third-order valence-electron chi connectivity index (χ3n) is 6.07. The first-order chi connectivity index (χ1) is 10.7. The Morgan fingerprint density at radius 2 is 1.77 bits per heavy atom. The molecule has 5 nitrogen and oxygen atoms in total. The highest BCUT2D eigenvalue weighted by Gasteiger charge is 2.40. The lowest BCUT2D eigenvalue weighted by molar-refractivity contribution is 0.194. The molecule has 2 amide bonds. The Bertz CT molecular complexity index is 419. The van der Waals surface area contributed by atoms with E-state index in [0.29, 0.717) is 18.1 Å². The van der Waals surface area contributed by atoms with Crippen LogP contribution in [0.4, 0.5) is 4.79 Å². The molecular formula is C17H30N4O. The summed E-state index contributed by atoms with van der Waals surface area (Å²) in [4.78, 5) is 19.8. The quantitative estimate of drug-likeness (QED) is 0.859. The van der Waals surface area contributed by atoms with E-state index in [2.05, 4.69) is 22.0 Å². The molecule has 3 heterocycles. The van der Waals surface area contributed by atoms with Crippen LogP contribution in [-0.4, -0.2) is 77.6 Å². The Morgan fingerprint density at radius 1 is 1.00 bits per heavy atom. The standard InChI is InChI=1S/C17H30N4O/c1-13-10-14(11-21(13)15-4-5-15)18-17(22)20-9-6-16(12-20)19-7-2-3-8-19/h13-16H,2-12H2,1H3,(H,18,22). The van der Waals surface area contributed by atoms with E-state index < -0.39 is 0 Å². The van der Waals surface area contributed by atoms with Crippen LogP contribution in [0.2, 0.25) is 0 Å². The van der Waals surface area contributed by atoms with Crippen LogP contribution in [0.3, 0.4) is 0 Å². The van der Waals surface area contributed by atoms with Gasteiger partial charge in [-0.1, -0.05) is 0 Å². The average Bonchev–Trinajstić information content (AvgIpc) is 2.95. The fourth-order valence-electron chi connectivity index (χ4n) is 4.67. The van der Waals surface area contributed by atoms with Crippen molar-refractivity contribution in [3.05, 3.63) is 0 Å². The van der Waals surface area contributed by atoms with Crippen molar-refractivity contribution in [2.24, 2.45) is 0 Å². The van der Waals surface area contributed by atoms with E-state index in [0.717, 1.165) is 38.5 Å². The number of hydrogen-bond donors (Lipinski definition) is 1. The lowest BCUT2D eigenvalue weighted by Crippen LogP contribution is -2.46. The molecule has 3 saturated heterocycles. The SMILES string of the molecule is CC1CC(NC(=O)N2CCC(N3CCCC3)C2)CN1C1CC1. The van der Waals surface area contributed by atoms with Crippen molar-refractivity contribution in [1.82, 2.24) is 20.0 Å². The van der Waals surface area contributed by atoms with Gasteiger partial charge in [0.05, 0.1) is 0 Å². The molecule has 0 aromatic rings. The molecule has 0 aromatic heterocycles. The summed E-state index contributed by atoms with van der Waals surface area (Å²) < 4.78 is 0. The lowest BCUT2D eigenvalue weighted by atomic mass is 10.2. The second-order valence-electron chi connectivity index (χ2n) is 7.79. The molecule has 4 rings (SSSR count). The molecule has 0 aromatic carbocycles. The molecule has 4 aliphatic rings. The number of hydrogen-bond acceptors (Lipinski definition) is 3. The van der Waals surface area contributed by atoms with Crippen LogP contribution in [0, 0.1) is 0 Å². The van der Waals surface area contributed by atoms with E-state index in [4.69, 9.17) is 0 Å². The predicted molar refractivity (Wildman–Crippen MR) is 86.9 cm³/mol. The van der Waals surface area contributed by atoms with Gasteiger partial charge >= 0.3 is 6.03 Å². The fourth-order valence-corrected chi connectivity index (χ4v) is 4.67. The monoisotopic (exact) mass is 306 g/mol. The average molecular weight is 306 g/mol. The number of carbonyl (C=O) groups excluding carboxylic acids is 1. The van der Waals surface area contributed by atoms with Gasteiger partial charge in [-0.2, -0.15) is 0 Å². The summed E-state index contributed by atoms with van der Waals surface area (Å²) in [6.07, 6.45) is 7.65. The van der Waals surface area contributed by atoms with Gasteiger partial charge in [0, 0.05) is 43.8 Å². The van der Waals surface area contributed by atoms with Gasteiger partial charge < -0.3 is 10.2 Å². The van der Waals surface area contributed by atoms with Crippen molar-refractivity contribution in [3.8, 4) is 0 Å². The maximum absolute atomic E-state index is 12.5. The van der Waals surface area contributed by atoms with E-state index in [1.165, 1.54) is 38.8 Å². The van der Waals surface area contributed by atoms with Crippen molar-refractivity contribution in [1.29, 1.82) is 0 Å². The summed E-state index contributed by atoms with van der Waals surface area (Å²) in [7, 11) is 0. The summed E-state index contributed by atoms with van der Waals surface area (Å²) in [5.41, 5.74) is 0. The summed E-state index contributed by atoms with van der Waals surface area (Å²) in [5, 5.41) is 3.30. The molecule has 124 valence electrons. The minimum atomic E-state index is 0.177. The maximum Gasteiger partial charge on any atom is 0.317 e. The van der Waals surface area contributed by atoms with Crippen LogP contribution in [0.25, 0.3) is 0 Å². The first-order valence-electron chi connectivity index (χ1n) is 9.26. The van der Waals surface area contributed by atoms with E-state index in [1.54, 1.807) is 0 Å². The van der Waals surface area contributed by atoms with Crippen LogP contribution in [0.1, 0.15) is 45.4 Å². The number of nitrogens with one attached hydrogen (secondary N) is 1. The third-order valence-corrected chi connectivity index (χ3v) is 6.07. The zero-order valence-corrected chi connectivity index (χ0v) is 13.8. The van der Waals surface area contributed by atoms with Crippen molar-refractivity contribution in [2.75, 3.05) is 32.7 Å². The molecule has 22 heavy (non-hydrogen) atoms. The highest BCUT2D eigenvalue weighted by Crippen LogP contribution is 2.33. The van der Waals surface area contributed by atoms with Crippen LogP contribution in [0.5, 0.6) is 0 Å².